The van der Waals surface area contributed by atoms with E-state index in [0.717, 1.165) is 23.8 Å². The lowest BCUT2D eigenvalue weighted by atomic mass is 10.1. The number of hydrogen-bond donors (Lipinski definition) is 2. The second kappa shape index (κ2) is 4.74. The molecule has 88 valence electrons. The first-order valence-corrected chi connectivity index (χ1v) is 5.93. The summed E-state index contributed by atoms with van der Waals surface area (Å²) < 4.78 is 0. The highest BCUT2D eigenvalue weighted by molar-refractivity contribution is 5.66. The Balaban J connectivity index is 1.91. The van der Waals surface area contributed by atoms with Crippen molar-refractivity contribution in [1.29, 1.82) is 0 Å². The van der Waals surface area contributed by atoms with E-state index in [2.05, 4.69) is 30.3 Å². The number of hydrogen-bond acceptors (Lipinski definition) is 3. The van der Waals surface area contributed by atoms with Crippen molar-refractivity contribution in [3.05, 3.63) is 23.8 Å². The monoisotopic (exact) mass is 219 g/mol. The van der Waals surface area contributed by atoms with E-state index in [-0.39, 0.29) is 0 Å². The smallest absolute Gasteiger partial charge is 0.0576 e. The molecule has 0 bridgehead atoms. The first-order chi connectivity index (χ1) is 7.65. The zero-order valence-electron chi connectivity index (χ0n) is 10.2. The van der Waals surface area contributed by atoms with E-state index < -0.39 is 0 Å². The standard InChI is InChI=1S/C13H21N3/c1-10-3-4-12(14)13(7-10)15-8-11-5-6-16(2)9-11/h3-4,7,11,15H,5-6,8-9,14H2,1-2H3. The van der Waals surface area contributed by atoms with E-state index in [9.17, 15) is 0 Å². The molecule has 0 amide bonds. The molecule has 2 rings (SSSR count). The highest BCUT2D eigenvalue weighted by Crippen LogP contribution is 2.21. The van der Waals surface area contributed by atoms with Crippen molar-refractivity contribution in [2.24, 2.45) is 5.92 Å². The highest BCUT2D eigenvalue weighted by atomic mass is 15.1. The summed E-state index contributed by atoms with van der Waals surface area (Å²) in [6.07, 6.45) is 1.29. The van der Waals surface area contributed by atoms with Gasteiger partial charge in [-0.2, -0.15) is 0 Å². The highest BCUT2D eigenvalue weighted by Gasteiger charge is 2.18. The fourth-order valence-electron chi connectivity index (χ4n) is 2.27. The molecular formula is C13H21N3. The van der Waals surface area contributed by atoms with Crippen LogP contribution in [0.1, 0.15) is 12.0 Å². The van der Waals surface area contributed by atoms with Gasteiger partial charge in [-0.25, -0.2) is 0 Å². The van der Waals surface area contributed by atoms with Crippen LogP contribution in [0.25, 0.3) is 0 Å². The van der Waals surface area contributed by atoms with Gasteiger partial charge in [0.05, 0.1) is 11.4 Å². The van der Waals surface area contributed by atoms with Crippen molar-refractivity contribution in [2.45, 2.75) is 13.3 Å². The minimum absolute atomic E-state index is 0.755. The molecule has 3 heteroatoms. The van der Waals surface area contributed by atoms with Gasteiger partial charge in [0.1, 0.15) is 0 Å². The minimum Gasteiger partial charge on any atom is -0.397 e. The van der Waals surface area contributed by atoms with Crippen molar-refractivity contribution in [1.82, 2.24) is 4.90 Å². The lowest BCUT2D eigenvalue weighted by Crippen LogP contribution is -2.19. The normalized spacial score (nSPS) is 21.2. The van der Waals surface area contributed by atoms with E-state index >= 15 is 0 Å². The number of nitrogen functional groups attached to an aromatic ring is 1. The molecule has 3 N–H and O–H groups in total. The van der Waals surface area contributed by atoms with Gasteiger partial charge in [-0.1, -0.05) is 6.07 Å². The summed E-state index contributed by atoms with van der Waals surface area (Å²) in [6, 6.07) is 6.14. The summed E-state index contributed by atoms with van der Waals surface area (Å²) in [5, 5.41) is 3.46. The third-order valence-electron chi connectivity index (χ3n) is 3.28. The van der Waals surface area contributed by atoms with Crippen LogP contribution in [-0.4, -0.2) is 31.6 Å². The molecule has 1 fully saturated rings. The largest absolute Gasteiger partial charge is 0.397 e. The van der Waals surface area contributed by atoms with Crippen molar-refractivity contribution in [3.8, 4) is 0 Å². The summed E-state index contributed by atoms with van der Waals surface area (Å²) in [5.74, 6) is 0.755. The van der Waals surface area contributed by atoms with Crippen molar-refractivity contribution in [2.75, 3.05) is 37.7 Å². The fourth-order valence-corrected chi connectivity index (χ4v) is 2.27. The first kappa shape index (κ1) is 11.3. The average molecular weight is 219 g/mol. The topological polar surface area (TPSA) is 41.3 Å². The Labute approximate surface area is 97.6 Å². The molecule has 0 aliphatic carbocycles. The van der Waals surface area contributed by atoms with Gasteiger partial charge in [0.2, 0.25) is 0 Å². The summed E-state index contributed by atoms with van der Waals surface area (Å²) in [6.45, 7) is 5.53. The molecule has 1 aliphatic heterocycles. The van der Waals surface area contributed by atoms with Gasteiger partial charge in [-0.3, -0.25) is 0 Å². The number of nitrogens with two attached hydrogens (primary N) is 1. The maximum atomic E-state index is 5.93. The zero-order valence-corrected chi connectivity index (χ0v) is 10.2. The Morgan fingerprint density at radius 1 is 1.50 bits per heavy atom. The number of nitrogens with zero attached hydrogens (tertiary/aromatic N) is 1. The Hall–Kier alpha value is -1.22. The van der Waals surface area contributed by atoms with Gasteiger partial charge in [-0.05, 0) is 50.6 Å². The Bertz CT molecular complexity index is 362. The lowest BCUT2D eigenvalue weighted by molar-refractivity contribution is 0.399. The van der Waals surface area contributed by atoms with E-state index in [1.165, 1.54) is 25.1 Å². The Morgan fingerprint density at radius 3 is 3.00 bits per heavy atom. The van der Waals surface area contributed by atoms with Crippen LogP contribution in [-0.2, 0) is 0 Å². The van der Waals surface area contributed by atoms with Crippen LogP contribution >= 0.6 is 0 Å². The third-order valence-corrected chi connectivity index (χ3v) is 3.28. The molecule has 0 aromatic heterocycles. The van der Waals surface area contributed by atoms with Crippen molar-refractivity contribution in [3.63, 3.8) is 0 Å². The first-order valence-electron chi connectivity index (χ1n) is 5.93. The number of anilines is 2. The summed E-state index contributed by atoms with van der Waals surface area (Å²) >= 11 is 0. The minimum atomic E-state index is 0.755. The number of likely N-dealkylation sites (tertiary alicyclic amines) is 1. The second-order valence-corrected chi connectivity index (χ2v) is 4.89. The van der Waals surface area contributed by atoms with Crippen molar-refractivity contribution >= 4 is 11.4 Å². The number of benzene rings is 1. The fraction of sp³-hybridized carbons (Fsp3) is 0.538. The average Bonchev–Trinajstić information content (AvgIpc) is 2.66. The van der Waals surface area contributed by atoms with Crippen LogP contribution in [0.2, 0.25) is 0 Å². The maximum absolute atomic E-state index is 5.93. The molecule has 16 heavy (non-hydrogen) atoms. The molecule has 1 unspecified atom stereocenters. The maximum Gasteiger partial charge on any atom is 0.0576 e. The van der Waals surface area contributed by atoms with Crippen LogP contribution in [0, 0.1) is 12.8 Å². The Kier molecular flexibility index (Phi) is 3.34. The molecule has 0 radical (unpaired) electrons. The molecule has 1 aliphatic rings. The van der Waals surface area contributed by atoms with Crippen LogP contribution < -0.4 is 11.1 Å². The van der Waals surface area contributed by atoms with E-state index in [1.807, 2.05) is 12.1 Å². The number of rotatable bonds is 3. The number of aryl methyl sites for hydroxylation is 1. The predicted octanol–water partition coefficient (Wildman–Crippen LogP) is 1.94. The summed E-state index contributed by atoms with van der Waals surface area (Å²) in [5.41, 5.74) is 9.10. The zero-order chi connectivity index (χ0) is 11.5. The molecule has 1 heterocycles. The summed E-state index contributed by atoms with van der Waals surface area (Å²) in [7, 11) is 2.18. The molecule has 0 saturated carbocycles. The van der Waals surface area contributed by atoms with E-state index in [0.29, 0.717) is 0 Å². The summed E-state index contributed by atoms with van der Waals surface area (Å²) in [4.78, 5) is 2.38. The third kappa shape index (κ3) is 2.67. The molecule has 0 spiro atoms. The van der Waals surface area contributed by atoms with Gasteiger partial charge < -0.3 is 16.0 Å². The van der Waals surface area contributed by atoms with Gasteiger partial charge in [0.25, 0.3) is 0 Å². The quantitative estimate of drug-likeness (QED) is 0.763. The molecule has 3 nitrogen and oxygen atoms in total. The van der Waals surface area contributed by atoms with Gasteiger partial charge in [-0.15, -0.1) is 0 Å². The van der Waals surface area contributed by atoms with Crippen LogP contribution in [0.4, 0.5) is 11.4 Å². The second-order valence-electron chi connectivity index (χ2n) is 4.89. The van der Waals surface area contributed by atoms with E-state index in [1.54, 1.807) is 0 Å². The molecule has 1 aromatic rings. The van der Waals surface area contributed by atoms with Crippen molar-refractivity contribution < 1.29 is 0 Å². The van der Waals surface area contributed by atoms with Crippen LogP contribution in [0.15, 0.2) is 18.2 Å². The van der Waals surface area contributed by atoms with Gasteiger partial charge in [0, 0.05) is 13.1 Å². The molecule has 1 saturated heterocycles. The van der Waals surface area contributed by atoms with E-state index in [4.69, 9.17) is 5.73 Å². The molecular weight excluding hydrogens is 198 g/mol. The van der Waals surface area contributed by atoms with Crippen LogP contribution in [0.3, 0.4) is 0 Å². The number of nitrogens with one attached hydrogen (secondary N) is 1. The van der Waals surface area contributed by atoms with Crippen LogP contribution in [0.5, 0.6) is 0 Å². The Morgan fingerprint density at radius 2 is 2.31 bits per heavy atom. The molecule has 1 atom stereocenters. The SMILES string of the molecule is Cc1ccc(N)c(NCC2CCN(C)C2)c1. The van der Waals surface area contributed by atoms with Gasteiger partial charge >= 0.3 is 0 Å². The predicted molar refractivity (Wildman–Crippen MR) is 69.7 cm³/mol. The lowest BCUT2D eigenvalue weighted by Gasteiger charge is -2.14. The molecule has 1 aromatic carbocycles. The van der Waals surface area contributed by atoms with Gasteiger partial charge in [0.15, 0.2) is 0 Å².